The van der Waals surface area contributed by atoms with Crippen molar-refractivity contribution in [2.75, 3.05) is 11.4 Å². The fourth-order valence-electron chi connectivity index (χ4n) is 2.53. The molecule has 4 nitrogen and oxygen atoms in total. The van der Waals surface area contributed by atoms with Gasteiger partial charge in [-0.05, 0) is 63.6 Å². The van der Waals surface area contributed by atoms with Gasteiger partial charge in [0.1, 0.15) is 5.75 Å². The molecule has 5 heteroatoms. The van der Waals surface area contributed by atoms with Crippen LogP contribution in [0.25, 0.3) is 0 Å². The van der Waals surface area contributed by atoms with Crippen LogP contribution in [0.15, 0.2) is 47.4 Å². The van der Waals surface area contributed by atoms with Gasteiger partial charge in [0.25, 0.3) is 10.0 Å². The number of hydrogen-bond acceptors (Lipinski definition) is 3. The number of nitrogens with zero attached hydrogens (tertiary/aromatic N) is 1. The number of hydrogen-bond donors (Lipinski definition) is 0. The summed E-state index contributed by atoms with van der Waals surface area (Å²) in [7, 11) is -2.06. The molecule has 0 N–H and O–H groups in total. The third kappa shape index (κ3) is 3.50. The zero-order valence-electron chi connectivity index (χ0n) is 14.2. The normalized spacial score (nSPS) is 11.6. The second-order valence-electron chi connectivity index (χ2n) is 5.86. The Balaban J connectivity index is 2.53. The number of anilines is 1. The molecule has 0 saturated heterocycles. The Kier molecular flexibility index (Phi) is 5.00. The number of ether oxygens (including phenoxy) is 1. The second kappa shape index (κ2) is 6.62. The van der Waals surface area contributed by atoms with Crippen LogP contribution in [0.2, 0.25) is 0 Å². The van der Waals surface area contributed by atoms with Crippen molar-refractivity contribution in [1.82, 2.24) is 0 Å². The van der Waals surface area contributed by atoms with Crippen molar-refractivity contribution >= 4 is 15.7 Å². The average Bonchev–Trinajstić information content (AvgIpc) is 2.48. The van der Waals surface area contributed by atoms with Gasteiger partial charge in [0, 0.05) is 6.04 Å². The van der Waals surface area contributed by atoms with Crippen molar-refractivity contribution in [2.24, 2.45) is 0 Å². The van der Waals surface area contributed by atoms with E-state index in [0.29, 0.717) is 11.4 Å². The highest BCUT2D eigenvalue weighted by atomic mass is 32.2. The van der Waals surface area contributed by atoms with E-state index in [2.05, 4.69) is 0 Å². The van der Waals surface area contributed by atoms with Crippen LogP contribution in [0.4, 0.5) is 5.69 Å². The van der Waals surface area contributed by atoms with Crippen molar-refractivity contribution in [3.63, 3.8) is 0 Å². The molecule has 0 spiro atoms. The molecular formula is C18H23NO3S. The Morgan fingerprint density at radius 1 is 1.00 bits per heavy atom. The highest BCUT2D eigenvalue weighted by molar-refractivity contribution is 7.92. The maximum atomic E-state index is 13.1. The Labute approximate surface area is 138 Å². The number of methoxy groups -OCH3 is 1. The Hall–Kier alpha value is -2.01. The minimum atomic E-state index is -3.64. The van der Waals surface area contributed by atoms with Crippen molar-refractivity contribution in [3.8, 4) is 5.75 Å². The SMILES string of the molecule is COc1ccc(S(=O)(=O)N(c2ccc(C)cc2)C(C)C)cc1C. The molecule has 124 valence electrons. The summed E-state index contributed by atoms with van der Waals surface area (Å²) >= 11 is 0. The van der Waals surface area contributed by atoms with Crippen LogP contribution in [0, 0.1) is 13.8 Å². The summed E-state index contributed by atoms with van der Waals surface area (Å²) in [5.74, 6) is 0.676. The predicted molar refractivity (Wildman–Crippen MR) is 93.7 cm³/mol. The van der Waals surface area contributed by atoms with Gasteiger partial charge in [0.2, 0.25) is 0 Å². The van der Waals surface area contributed by atoms with E-state index in [-0.39, 0.29) is 10.9 Å². The monoisotopic (exact) mass is 333 g/mol. The lowest BCUT2D eigenvalue weighted by Crippen LogP contribution is -2.37. The average molecular weight is 333 g/mol. The zero-order valence-corrected chi connectivity index (χ0v) is 15.0. The minimum Gasteiger partial charge on any atom is -0.496 e. The van der Waals surface area contributed by atoms with Crippen LogP contribution >= 0.6 is 0 Å². The highest BCUT2D eigenvalue weighted by Crippen LogP contribution is 2.29. The third-order valence-electron chi connectivity index (χ3n) is 3.68. The van der Waals surface area contributed by atoms with Gasteiger partial charge < -0.3 is 4.74 Å². The van der Waals surface area contributed by atoms with Crippen LogP contribution in [0.1, 0.15) is 25.0 Å². The molecule has 23 heavy (non-hydrogen) atoms. The predicted octanol–water partition coefficient (Wildman–Crippen LogP) is 3.92. The van der Waals surface area contributed by atoms with Gasteiger partial charge >= 0.3 is 0 Å². The van der Waals surface area contributed by atoms with Crippen molar-refractivity contribution in [3.05, 3.63) is 53.6 Å². The van der Waals surface area contributed by atoms with E-state index in [1.54, 1.807) is 25.3 Å². The van der Waals surface area contributed by atoms with E-state index < -0.39 is 10.0 Å². The summed E-state index contributed by atoms with van der Waals surface area (Å²) in [4.78, 5) is 0.269. The smallest absolute Gasteiger partial charge is 0.264 e. The third-order valence-corrected chi connectivity index (χ3v) is 5.68. The summed E-state index contributed by atoms with van der Waals surface area (Å²) in [6.07, 6.45) is 0. The summed E-state index contributed by atoms with van der Waals surface area (Å²) in [5.41, 5.74) is 2.55. The first-order chi connectivity index (χ1) is 10.8. The van der Waals surface area contributed by atoms with E-state index in [0.717, 1.165) is 11.1 Å². The number of benzene rings is 2. The second-order valence-corrected chi connectivity index (χ2v) is 7.68. The molecule has 0 amide bonds. The fraction of sp³-hybridized carbons (Fsp3) is 0.333. The first-order valence-electron chi connectivity index (χ1n) is 7.53. The van der Waals surface area contributed by atoms with E-state index in [1.165, 1.54) is 4.31 Å². The number of aryl methyl sites for hydroxylation is 2. The summed E-state index contributed by atoms with van der Waals surface area (Å²) in [6, 6.07) is 12.2. The first kappa shape index (κ1) is 17.3. The van der Waals surface area contributed by atoms with E-state index in [4.69, 9.17) is 4.74 Å². The van der Waals surface area contributed by atoms with Gasteiger partial charge in [0.15, 0.2) is 0 Å². The lowest BCUT2D eigenvalue weighted by molar-refractivity contribution is 0.411. The molecule has 0 aromatic heterocycles. The van der Waals surface area contributed by atoms with Gasteiger partial charge in [-0.2, -0.15) is 0 Å². The maximum absolute atomic E-state index is 13.1. The quantitative estimate of drug-likeness (QED) is 0.833. The zero-order chi connectivity index (χ0) is 17.2. The van der Waals surface area contributed by atoms with Crippen molar-refractivity contribution in [1.29, 1.82) is 0 Å². The lowest BCUT2D eigenvalue weighted by atomic mass is 10.2. The molecule has 0 aliphatic rings. The van der Waals surface area contributed by atoms with Gasteiger partial charge in [-0.15, -0.1) is 0 Å². The lowest BCUT2D eigenvalue weighted by Gasteiger charge is -2.28. The molecule has 0 unspecified atom stereocenters. The minimum absolute atomic E-state index is 0.190. The van der Waals surface area contributed by atoms with Gasteiger partial charge in [0.05, 0.1) is 17.7 Å². The molecular weight excluding hydrogens is 310 g/mol. The molecule has 0 fully saturated rings. The molecule has 0 bridgehead atoms. The topological polar surface area (TPSA) is 46.6 Å². The molecule has 2 rings (SSSR count). The molecule has 0 aliphatic carbocycles. The van der Waals surface area contributed by atoms with E-state index in [9.17, 15) is 8.42 Å². The van der Waals surface area contributed by atoms with Crippen LogP contribution in [-0.4, -0.2) is 21.6 Å². The fourth-order valence-corrected chi connectivity index (χ4v) is 4.28. The molecule has 0 saturated carbocycles. The standard InChI is InChI=1S/C18H23NO3S/c1-13(2)19(16-8-6-14(3)7-9-16)23(20,21)17-10-11-18(22-5)15(4)12-17/h6-13H,1-5H3. The summed E-state index contributed by atoms with van der Waals surface area (Å²) in [5, 5.41) is 0. The van der Waals surface area contributed by atoms with Gasteiger partial charge in [-0.3, -0.25) is 4.31 Å². The van der Waals surface area contributed by atoms with E-state index >= 15 is 0 Å². The molecule has 2 aromatic carbocycles. The first-order valence-corrected chi connectivity index (χ1v) is 8.97. The van der Waals surface area contributed by atoms with E-state index in [1.807, 2.05) is 52.0 Å². The summed E-state index contributed by atoms with van der Waals surface area (Å²) < 4.78 is 32.9. The number of rotatable bonds is 5. The summed E-state index contributed by atoms with van der Waals surface area (Å²) in [6.45, 7) is 7.55. The van der Waals surface area contributed by atoms with Gasteiger partial charge in [-0.25, -0.2) is 8.42 Å². The van der Waals surface area contributed by atoms with Gasteiger partial charge in [-0.1, -0.05) is 17.7 Å². The molecule has 0 aliphatic heterocycles. The molecule has 2 aromatic rings. The van der Waals surface area contributed by atoms with Crippen LogP contribution in [-0.2, 0) is 10.0 Å². The van der Waals surface area contributed by atoms with Crippen LogP contribution < -0.4 is 9.04 Å². The molecule has 0 radical (unpaired) electrons. The molecule has 0 heterocycles. The van der Waals surface area contributed by atoms with Crippen LogP contribution in [0.5, 0.6) is 5.75 Å². The Morgan fingerprint density at radius 2 is 1.61 bits per heavy atom. The number of sulfonamides is 1. The van der Waals surface area contributed by atoms with Crippen LogP contribution in [0.3, 0.4) is 0 Å². The maximum Gasteiger partial charge on any atom is 0.264 e. The van der Waals surface area contributed by atoms with Crippen molar-refractivity contribution < 1.29 is 13.2 Å². The highest BCUT2D eigenvalue weighted by Gasteiger charge is 2.27. The largest absolute Gasteiger partial charge is 0.496 e. The molecule has 0 atom stereocenters. The Morgan fingerprint density at radius 3 is 2.09 bits per heavy atom. The van der Waals surface area contributed by atoms with Crippen molar-refractivity contribution in [2.45, 2.75) is 38.6 Å². The Bertz CT molecular complexity index is 780.